The summed E-state index contributed by atoms with van der Waals surface area (Å²) in [7, 11) is 1.37. The first-order valence-electron chi connectivity index (χ1n) is 3.98. The molecule has 8 heteroatoms. The third-order valence-corrected chi connectivity index (χ3v) is 1.66. The van der Waals surface area contributed by atoms with Crippen molar-refractivity contribution in [2.45, 2.75) is 13.0 Å². The highest BCUT2D eigenvalue weighted by Crippen LogP contribution is 2.11. The highest BCUT2D eigenvalue weighted by molar-refractivity contribution is 6.28. The molecule has 1 rings (SSSR count). The third-order valence-electron chi connectivity index (χ3n) is 1.49. The fourth-order valence-electron chi connectivity index (χ4n) is 0.743. The van der Waals surface area contributed by atoms with Gasteiger partial charge in [0.15, 0.2) is 0 Å². The summed E-state index contributed by atoms with van der Waals surface area (Å²) >= 11 is 5.56. The number of halogens is 1. The summed E-state index contributed by atoms with van der Waals surface area (Å²) in [5.74, 6) is -0.966. The molecule has 7 nitrogen and oxygen atoms in total. The number of rotatable bonds is 4. The zero-order valence-electron chi connectivity index (χ0n) is 8.06. The Morgan fingerprint density at radius 2 is 2.20 bits per heavy atom. The van der Waals surface area contributed by atoms with Crippen molar-refractivity contribution in [3.63, 3.8) is 0 Å². The van der Waals surface area contributed by atoms with Gasteiger partial charge in [0.2, 0.25) is 11.2 Å². The van der Waals surface area contributed by atoms with Crippen molar-refractivity contribution in [3.05, 3.63) is 5.28 Å². The van der Waals surface area contributed by atoms with Crippen LogP contribution < -0.4 is 10.1 Å². The second-order valence-electron chi connectivity index (χ2n) is 2.62. The Hall–Kier alpha value is -1.63. The van der Waals surface area contributed by atoms with Gasteiger partial charge in [-0.15, -0.1) is 0 Å². The van der Waals surface area contributed by atoms with E-state index in [0.29, 0.717) is 0 Å². The predicted octanol–water partition coefficient (Wildman–Crippen LogP) is 0.419. The van der Waals surface area contributed by atoms with E-state index in [0.717, 1.165) is 0 Å². The Bertz CT molecular complexity index is 373. The fourth-order valence-corrected chi connectivity index (χ4v) is 0.895. The van der Waals surface area contributed by atoms with Crippen molar-refractivity contribution in [1.82, 2.24) is 15.0 Å². The smallest absolute Gasteiger partial charge is 0.325 e. The van der Waals surface area contributed by atoms with Crippen molar-refractivity contribution in [2.75, 3.05) is 12.4 Å². The van der Waals surface area contributed by atoms with Crippen LogP contribution >= 0.6 is 11.6 Å². The third kappa shape index (κ3) is 3.21. The molecule has 0 aromatic carbocycles. The Morgan fingerprint density at radius 3 is 2.73 bits per heavy atom. The molecule has 0 spiro atoms. The maximum atomic E-state index is 10.5. The molecule has 1 aromatic rings. The van der Waals surface area contributed by atoms with E-state index in [1.165, 1.54) is 14.0 Å². The van der Waals surface area contributed by atoms with Crippen LogP contribution in [0.3, 0.4) is 0 Å². The highest BCUT2D eigenvalue weighted by atomic mass is 35.5. The van der Waals surface area contributed by atoms with Crippen molar-refractivity contribution in [1.29, 1.82) is 0 Å². The normalized spacial score (nSPS) is 11.9. The van der Waals surface area contributed by atoms with Crippen LogP contribution in [0.2, 0.25) is 5.28 Å². The Balaban J connectivity index is 2.85. The summed E-state index contributed by atoms with van der Waals surface area (Å²) in [4.78, 5) is 21.6. The molecule has 1 atom stereocenters. The number of carbonyl (C=O) groups is 1. The van der Waals surface area contributed by atoms with Gasteiger partial charge in [-0.2, -0.15) is 15.0 Å². The van der Waals surface area contributed by atoms with E-state index >= 15 is 0 Å². The van der Waals surface area contributed by atoms with Gasteiger partial charge >= 0.3 is 12.0 Å². The van der Waals surface area contributed by atoms with Crippen LogP contribution in [0.15, 0.2) is 0 Å². The van der Waals surface area contributed by atoms with Gasteiger partial charge in [-0.05, 0) is 18.5 Å². The van der Waals surface area contributed by atoms with Gasteiger partial charge in [-0.3, -0.25) is 4.79 Å². The molecular weight excluding hydrogens is 224 g/mol. The molecular formula is C7H9ClN4O3. The van der Waals surface area contributed by atoms with Gasteiger partial charge in [0.05, 0.1) is 7.11 Å². The molecule has 0 aliphatic rings. The van der Waals surface area contributed by atoms with E-state index in [2.05, 4.69) is 20.3 Å². The minimum atomic E-state index is -1.02. The Morgan fingerprint density at radius 1 is 1.53 bits per heavy atom. The largest absolute Gasteiger partial charge is 0.480 e. The number of nitrogens with zero attached hydrogens (tertiary/aromatic N) is 3. The Kier molecular flexibility index (Phi) is 3.62. The molecule has 0 amide bonds. The van der Waals surface area contributed by atoms with Crippen LogP contribution in [0.4, 0.5) is 5.95 Å². The van der Waals surface area contributed by atoms with Crippen LogP contribution in [0.25, 0.3) is 0 Å². The van der Waals surface area contributed by atoms with Crippen LogP contribution in [0, 0.1) is 0 Å². The number of anilines is 1. The summed E-state index contributed by atoms with van der Waals surface area (Å²) < 4.78 is 4.74. The molecule has 0 saturated carbocycles. The lowest BCUT2D eigenvalue weighted by Gasteiger charge is -2.09. The van der Waals surface area contributed by atoms with Gasteiger partial charge < -0.3 is 15.2 Å². The monoisotopic (exact) mass is 232 g/mol. The number of hydrogen-bond donors (Lipinski definition) is 2. The molecule has 0 aliphatic carbocycles. The van der Waals surface area contributed by atoms with E-state index in [4.69, 9.17) is 21.4 Å². The molecule has 82 valence electrons. The van der Waals surface area contributed by atoms with Gasteiger partial charge in [-0.1, -0.05) is 0 Å². The minimum Gasteiger partial charge on any atom is -0.480 e. The van der Waals surface area contributed by atoms with E-state index in [1.807, 2.05) is 0 Å². The first kappa shape index (κ1) is 11.4. The molecule has 1 heterocycles. The molecule has 1 unspecified atom stereocenters. The average Bonchev–Trinajstić information content (AvgIpc) is 2.16. The highest BCUT2D eigenvalue weighted by Gasteiger charge is 2.13. The standard InChI is InChI=1S/C7H9ClN4O3/c1-3(4(13)14)9-6-10-5(8)11-7(12-6)15-2/h3H,1-2H3,(H,13,14)(H,9,10,11,12). The SMILES string of the molecule is COc1nc(Cl)nc(NC(C)C(=O)O)n1. The first-order valence-corrected chi connectivity index (χ1v) is 4.35. The first-order chi connectivity index (χ1) is 7.02. The number of carboxylic acids is 1. The number of ether oxygens (including phenoxy) is 1. The molecule has 0 radical (unpaired) electrons. The summed E-state index contributed by atoms with van der Waals surface area (Å²) in [5.41, 5.74) is 0. The molecule has 15 heavy (non-hydrogen) atoms. The number of hydrogen-bond acceptors (Lipinski definition) is 6. The van der Waals surface area contributed by atoms with E-state index in [1.54, 1.807) is 0 Å². The topological polar surface area (TPSA) is 97.2 Å². The van der Waals surface area contributed by atoms with E-state index < -0.39 is 12.0 Å². The maximum Gasteiger partial charge on any atom is 0.325 e. The molecule has 0 bridgehead atoms. The molecule has 0 saturated heterocycles. The molecule has 2 N–H and O–H groups in total. The lowest BCUT2D eigenvalue weighted by molar-refractivity contribution is -0.137. The predicted molar refractivity (Wildman–Crippen MR) is 52.1 cm³/mol. The quantitative estimate of drug-likeness (QED) is 0.776. The van der Waals surface area contributed by atoms with Gasteiger partial charge in [-0.25, -0.2) is 0 Å². The summed E-state index contributed by atoms with van der Waals surface area (Å²) in [6, 6.07) is -0.803. The minimum absolute atomic E-state index is 0.0232. The van der Waals surface area contributed by atoms with Crippen molar-refractivity contribution >= 4 is 23.5 Å². The molecule has 0 fully saturated rings. The Labute approximate surface area is 90.5 Å². The fraction of sp³-hybridized carbons (Fsp3) is 0.429. The van der Waals surface area contributed by atoms with Gasteiger partial charge in [0.1, 0.15) is 6.04 Å². The summed E-state index contributed by atoms with van der Waals surface area (Å²) in [5, 5.41) is 11.1. The maximum absolute atomic E-state index is 10.5. The molecule has 0 aliphatic heterocycles. The van der Waals surface area contributed by atoms with Gasteiger partial charge in [0.25, 0.3) is 0 Å². The number of aromatic nitrogens is 3. The summed E-state index contributed by atoms with van der Waals surface area (Å²) in [6.45, 7) is 1.45. The van der Waals surface area contributed by atoms with Crippen LogP contribution in [-0.4, -0.2) is 39.2 Å². The lowest BCUT2D eigenvalue weighted by atomic mass is 10.3. The number of methoxy groups -OCH3 is 1. The molecule has 1 aromatic heterocycles. The zero-order chi connectivity index (χ0) is 11.4. The van der Waals surface area contributed by atoms with Crippen molar-refractivity contribution < 1.29 is 14.6 Å². The van der Waals surface area contributed by atoms with Gasteiger partial charge in [0, 0.05) is 0 Å². The van der Waals surface area contributed by atoms with Crippen LogP contribution in [0.1, 0.15) is 6.92 Å². The van der Waals surface area contributed by atoms with Crippen molar-refractivity contribution in [3.8, 4) is 6.01 Å². The number of aliphatic carboxylic acids is 1. The average molecular weight is 233 g/mol. The van der Waals surface area contributed by atoms with E-state index in [9.17, 15) is 4.79 Å². The van der Waals surface area contributed by atoms with Crippen LogP contribution in [0.5, 0.6) is 6.01 Å². The second kappa shape index (κ2) is 4.74. The number of carboxylic acid groups (broad SMARTS) is 1. The van der Waals surface area contributed by atoms with Crippen molar-refractivity contribution in [2.24, 2.45) is 0 Å². The van der Waals surface area contributed by atoms with Crippen LogP contribution in [-0.2, 0) is 4.79 Å². The zero-order valence-corrected chi connectivity index (χ0v) is 8.82. The second-order valence-corrected chi connectivity index (χ2v) is 2.96. The van der Waals surface area contributed by atoms with E-state index in [-0.39, 0.29) is 17.2 Å². The number of nitrogens with one attached hydrogen (secondary N) is 1. The summed E-state index contributed by atoms with van der Waals surface area (Å²) in [6.07, 6.45) is 0. The lowest BCUT2D eigenvalue weighted by Crippen LogP contribution is -2.26.